The standard InChI is InChI=1S/C13H21N3O3/c1-8(2)16(5-6-17)12(18)7-11-9(3)14-13(19)15-10(11)4/h8,17H,5-7H2,1-4H3,(H,14,15,19). The van der Waals surface area contributed by atoms with E-state index in [4.69, 9.17) is 5.11 Å². The molecule has 0 bridgehead atoms. The predicted octanol–water partition coefficient (Wildman–Crippen LogP) is 0.159. The van der Waals surface area contributed by atoms with E-state index in [1.54, 1.807) is 18.7 Å². The number of hydrogen-bond acceptors (Lipinski definition) is 4. The lowest BCUT2D eigenvalue weighted by Crippen LogP contribution is -2.40. The summed E-state index contributed by atoms with van der Waals surface area (Å²) in [6, 6.07) is 0.0241. The number of carbonyl (C=O) groups is 1. The Labute approximate surface area is 112 Å². The molecule has 0 unspecified atom stereocenters. The smallest absolute Gasteiger partial charge is 0.345 e. The van der Waals surface area contributed by atoms with E-state index >= 15 is 0 Å². The number of hydrogen-bond donors (Lipinski definition) is 2. The van der Waals surface area contributed by atoms with Gasteiger partial charge in [-0.25, -0.2) is 4.79 Å². The van der Waals surface area contributed by atoms with Gasteiger partial charge in [0.2, 0.25) is 5.91 Å². The van der Waals surface area contributed by atoms with E-state index in [-0.39, 0.29) is 25.0 Å². The van der Waals surface area contributed by atoms with Crippen LogP contribution < -0.4 is 5.69 Å². The fourth-order valence-electron chi connectivity index (χ4n) is 2.05. The van der Waals surface area contributed by atoms with Crippen molar-refractivity contribution >= 4 is 5.91 Å². The molecular weight excluding hydrogens is 246 g/mol. The molecule has 0 aromatic carbocycles. The van der Waals surface area contributed by atoms with Gasteiger partial charge in [-0.1, -0.05) is 0 Å². The van der Waals surface area contributed by atoms with Crippen LogP contribution in [-0.2, 0) is 11.2 Å². The highest BCUT2D eigenvalue weighted by Crippen LogP contribution is 2.10. The molecule has 0 radical (unpaired) electrons. The number of H-pyrrole nitrogens is 1. The molecule has 0 atom stereocenters. The monoisotopic (exact) mass is 267 g/mol. The van der Waals surface area contributed by atoms with Crippen molar-refractivity contribution in [1.29, 1.82) is 0 Å². The van der Waals surface area contributed by atoms with Crippen LogP contribution in [0.5, 0.6) is 0 Å². The Morgan fingerprint density at radius 3 is 2.53 bits per heavy atom. The number of aromatic amines is 1. The van der Waals surface area contributed by atoms with E-state index in [0.717, 1.165) is 5.56 Å². The largest absolute Gasteiger partial charge is 0.395 e. The maximum Gasteiger partial charge on any atom is 0.345 e. The van der Waals surface area contributed by atoms with Crippen LogP contribution in [0.2, 0.25) is 0 Å². The Bertz CT molecular complexity index is 482. The van der Waals surface area contributed by atoms with Gasteiger partial charge in [-0.3, -0.25) is 4.79 Å². The second kappa shape index (κ2) is 6.47. The zero-order chi connectivity index (χ0) is 14.6. The van der Waals surface area contributed by atoms with Crippen molar-refractivity contribution < 1.29 is 9.90 Å². The third kappa shape index (κ3) is 3.89. The zero-order valence-electron chi connectivity index (χ0n) is 11.9. The highest BCUT2D eigenvalue weighted by atomic mass is 16.3. The number of aromatic nitrogens is 2. The molecule has 1 aromatic rings. The Hall–Kier alpha value is -1.69. The first-order valence-corrected chi connectivity index (χ1v) is 6.33. The van der Waals surface area contributed by atoms with Crippen LogP contribution in [0.15, 0.2) is 4.79 Å². The molecule has 2 N–H and O–H groups in total. The average Bonchev–Trinajstić information content (AvgIpc) is 2.29. The molecule has 0 aliphatic carbocycles. The molecule has 0 aliphatic heterocycles. The summed E-state index contributed by atoms with van der Waals surface area (Å²) in [6.45, 7) is 7.52. The Morgan fingerprint density at radius 1 is 1.42 bits per heavy atom. The van der Waals surface area contributed by atoms with Crippen LogP contribution in [0, 0.1) is 13.8 Å². The van der Waals surface area contributed by atoms with E-state index in [0.29, 0.717) is 17.9 Å². The van der Waals surface area contributed by atoms with E-state index < -0.39 is 5.69 Å². The Balaban J connectivity index is 2.96. The van der Waals surface area contributed by atoms with Gasteiger partial charge in [-0.05, 0) is 27.7 Å². The van der Waals surface area contributed by atoms with Gasteiger partial charge in [-0.15, -0.1) is 0 Å². The van der Waals surface area contributed by atoms with Gasteiger partial charge in [-0.2, -0.15) is 4.98 Å². The summed E-state index contributed by atoms with van der Waals surface area (Å²) in [4.78, 5) is 31.4. The summed E-state index contributed by atoms with van der Waals surface area (Å²) in [5, 5.41) is 8.99. The van der Waals surface area contributed by atoms with Crippen molar-refractivity contribution in [2.24, 2.45) is 0 Å². The number of aliphatic hydroxyl groups is 1. The van der Waals surface area contributed by atoms with Crippen molar-refractivity contribution in [3.8, 4) is 0 Å². The van der Waals surface area contributed by atoms with Crippen LogP contribution in [0.1, 0.15) is 30.8 Å². The quantitative estimate of drug-likeness (QED) is 0.795. The lowest BCUT2D eigenvalue weighted by Gasteiger charge is -2.26. The van der Waals surface area contributed by atoms with E-state index in [1.165, 1.54) is 0 Å². The molecule has 0 saturated carbocycles. The fraction of sp³-hybridized carbons (Fsp3) is 0.615. The lowest BCUT2D eigenvalue weighted by atomic mass is 10.1. The molecule has 1 heterocycles. The molecule has 1 aromatic heterocycles. The number of aryl methyl sites for hydroxylation is 2. The molecular formula is C13H21N3O3. The Morgan fingerprint density at radius 2 is 2.05 bits per heavy atom. The molecule has 19 heavy (non-hydrogen) atoms. The fourth-order valence-corrected chi connectivity index (χ4v) is 2.05. The first-order chi connectivity index (χ1) is 8.86. The van der Waals surface area contributed by atoms with Gasteiger partial charge in [0.15, 0.2) is 0 Å². The molecule has 1 amide bonds. The van der Waals surface area contributed by atoms with Gasteiger partial charge < -0.3 is 15.0 Å². The summed E-state index contributed by atoms with van der Waals surface area (Å²) in [5.74, 6) is -0.0795. The number of nitrogens with one attached hydrogen (secondary N) is 1. The third-order valence-electron chi connectivity index (χ3n) is 3.07. The zero-order valence-corrected chi connectivity index (χ0v) is 11.9. The van der Waals surface area contributed by atoms with Gasteiger partial charge in [0, 0.05) is 29.5 Å². The first-order valence-electron chi connectivity index (χ1n) is 6.33. The van der Waals surface area contributed by atoms with Gasteiger partial charge in [0.25, 0.3) is 0 Å². The Kier molecular flexibility index (Phi) is 5.23. The summed E-state index contributed by atoms with van der Waals surface area (Å²) in [5.41, 5.74) is 1.58. The number of amides is 1. The first kappa shape index (κ1) is 15.4. The molecule has 6 heteroatoms. The van der Waals surface area contributed by atoms with Crippen molar-refractivity contribution in [2.45, 2.75) is 40.2 Å². The van der Waals surface area contributed by atoms with Crippen molar-refractivity contribution in [2.75, 3.05) is 13.2 Å². The molecule has 0 saturated heterocycles. The minimum absolute atomic E-state index is 0.0241. The van der Waals surface area contributed by atoms with Crippen LogP contribution in [0.4, 0.5) is 0 Å². The number of aliphatic hydroxyl groups excluding tert-OH is 1. The molecule has 0 fully saturated rings. The SMILES string of the molecule is Cc1nc(=O)[nH]c(C)c1CC(=O)N(CCO)C(C)C. The van der Waals surface area contributed by atoms with Gasteiger partial charge >= 0.3 is 5.69 Å². The topological polar surface area (TPSA) is 86.3 Å². The molecule has 106 valence electrons. The summed E-state index contributed by atoms with van der Waals surface area (Å²) >= 11 is 0. The van der Waals surface area contributed by atoms with Crippen LogP contribution in [0.3, 0.4) is 0 Å². The molecule has 6 nitrogen and oxygen atoms in total. The summed E-state index contributed by atoms with van der Waals surface area (Å²) < 4.78 is 0. The number of nitrogens with zero attached hydrogens (tertiary/aromatic N) is 2. The van der Waals surface area contributed by atoms with Crippen molar-refractivity contribution in [1.82, 2.24) is 14.9 Å². The van der Waals surface area contributed by atoms with Crippen molar-refractivity contribution in [3.05, 3.63) is 27.4 Å². The van der Waals surface area contributed by atoms with E-state index in [9.17, 15) is 9.59 Å². The molecule has 0 aliphatic rings. The van der Waals surface area contributed by atoms with E-state index in [2.05, 4.69) is 9.97 Å². The number of rotatable bonds is 5. The summed E-state index contributed by atoms with van der Waals surface area (Å²) in [7, 11) is 0. The second-order valence-corrected chi connectivity index (χ2v) is 4.81. The van der Waals surface area contributed by atoms with Crippen LogP contribution >= 0.6 is 0 Å². The number of carbonyl (C=O) groups excluding carboxylic acids is 1. The van der Waals surface area contributed by atoms with Gasteiger partial charge in [0.1, 0.15) is 0 Å². The molecule has 1 rings (SSSR count). The normalized spacial score (nSPS) is 10.8. The predicted molar refractivity (Wildman–Crippen MR) is 72.0 cm³/mol. The van der Waals surface area contributed by atoms with Gasteiger partial charge in [0.05, 0.1) is 13.0 Å². The third-order valence-corrected chi connectivity index (χ3v) is 3.07. The minimum Gasteiger partial charge on any atom is -0.395 e. The van der Waals surface area contributed by atoms with Crippen LogP contribution in [-0.4, -0.2) is 45.1 Å². The average molecular weight is 267 g/mol. The highest BCUT2D eigenvalue weighted by molar-refractivity contribution is 5.79. The minimum atomic E-state index is -0.401. The summed E-state index contributed by atoms with van der Waals surface area (Å²) in [6.07, 6.45) is 0.180. The van der Waals surface area contributed by atoms with E-state index in [1.807, 2.05) is 13.8 Å². The van der Waals surface area contributed by atoms with Crippen LogP contribution in [0.25, 0.3) is 0 Å². The highest BCUT2D eigenvalue weighted by Gasteiger charge is 2.19. The lowest BCUT2D eigenvalue weighted by molar-refractivity contribution is -0.132. The maximum absolute atomic E-state index is 12.2. The van der Waals surface area contributed by atoms with Crippen molar-refractivity contribution in [3.63, 3.8) is 0 Å². The molecule has 0 spiro atoms. The second-order valence-electron chi connectivity index (χ2n) is 4.81. The maximum atomic E-state index is 12.2.